The van der Waals surface area contributed by atoms with Crippen molar-refractivity contribution in [3.8, 4) is 0 Å². The molecule has 0 fully saturated rings. The molecule has 0 amide bonds. The Hall–Kier alpha value is -6.58. The molecule has 2 aliphatic rings. The SMILES string of the molecule is CC(C)(C)c1ccc(N2c3ccc(C(C)(C)C)cc3B3c4cc(C(C)(C)C)ccc4N(c4ccc(C(C)(C)C)cc4)c4cc(C(c5ccccc5)(c5ccccc5)c5ccccc5)cc2c43)cc1. The van der Waals surface area contributed by atoms with E-state index in [0.717, 1.165) is 11.4 Å². The first kappa shape index (κ1) is 45.2. The number of hydrogen-bond acceptors (Lipinski definition) is 2. The number of hydrogen-bond donors (Lipinski definition) is 0. The van der Waals surface area contributed by atoms with E-state index in [-0.39, 0.29) is 28.4 Å². The van der Waals surface area contributed by atoms with Crippen LogP contribution in [0.3, 0.4) is 0 Å². The van der Waals surface area contributed by atoms with Crippen molar-refractivity contribution in [3.05, 3.63) is 233 Å². The average Bonchev–Trinajstić information content (AvgIpc) is 3.31. The van der Waals surface area contributed by atoms with Gasteiger partial charge in [-0.15, -0.1) is 0 Å². The highest BCUT2D eigenvalue weighted by Gasteiger charge is 2.47. The van der Waals surface area contributed by atoms with E-state index in [0.29, 0.717) is 0 Å². The molecule has 0 N–H and O–H groups in total. The zero-order valence-corrected chi connectivity index (χ0v) is 42.4. The molecule has 0 spiro atoms. The zero-order chi connectivity index (χ0) is 48.0. The van der Waals surface area contributed by atoms with Crippen LogP contribution < -0.4 is 26.2 Å². The van der Waals surface area contributed by atoms with Gasteiger partial charge in [0.15, 0.2) is 0 Å². The molecule has 0 saturated heterocycles. The number of benzene rings is 8. The Morgan fingerprint density at radius 1 is 0.279 bits per heavy atom. The summed E-state index contributed by atoms with van der Waals surface area (Å²) in [7, 11) is 0. The summed E-state index contributed by atoms with van der Waals surface area (Å²) in [6.45, 7) is 27.9. The van der Waals surface area contributed by atoms with Crippen LogP contribution in [0.4, 0.5) is 34.1 Å². The van der Waals surface area contributed by atoms with Gasteiger partial charge < -0.3 is 9.80 Å². The second-order valence-electron chi connectivity index (χ2n) is 23.5. The molecular weight excluding hydrogens is 820 g/mol. The van der Waals surface area contributed by atoms with Gasteiger partial charge in [0.05, 0.1) is 5.41 Å². The summed E-state index contributed by atoms with van der Waals surface area (Å²) in [6.07, 6.45) is 0. The Kier molecular flexibility index (Phi) is 10.8. The van der Waals surface area contributed by atoms with Crippen molar-refractivity contribution in [1.29, 1.82) is 0 Å². The van der Waals surface area contributed by atoms with Crippen LogP contribution in [0.5, 0.6) is 0 Å². The minimum Gasteiger partial charge on any atom is -0.311 e. The molecule has 3 heteroatoms. The maximum Gasteiger partial charge on any atom is 0.252 e. The van der Waals surface area contributed by atoms with Crippen molar-refractivity contribution in [3.63, 3.8) is 0 Å². The lowest BCUT2D eigenvalue weighted by Crippen LogP contribution is -2.62. The van der Waals surface area contributed by atoms with Crippen LogP contribution in [0.1, 0.15) is 128 Å². The molecule has 0 atom stereocenters. The summed E-state index contributed by atoms with van der Waals surface area (Å²) in [5.74, 6) is 0. The van der Waals surface area contributed by atoms with Crippen LogP contribution in [0.25, 0.3) is 0 Å². The molecule has 0 unspecified atom stereocenters. The molecule has 0 bridgehead atoms. The van der Waals surface area contributed by atoms with Gasteiger partial charge in [0.2, 0.25) is 0 Å². The van der Waals surface area contributed by atoms with Crippen molar-refractivity contribution in [1.82, 2.24) is 0 Å². The maximum absolute atomic E-state index is 2.60. The smallest absolute Gasteiger partial charge is 0.252 e. The van der Waals surface area contributed by atoms with Crippen molar-refractivity contribution in [2.75, 3.05) is 9.80 Å². The predicted octanol–water partition coefficient (Wildman–Crippen LogP) is 15.3. The van der Waals surface area contributed by atoms with E-state index >= 15 is 0 Å². The highest BCUT2D eigenvalue weighted by atomic mass is 15.2. The van der Waals surface area contributed by atoms with Crippen LogP contribution in [0, 0.1) is 0 Å². The molecule has 0 saturated carbocycles. The summed E-state index contributed by atoms with van der Waals surface area (Å²) in [5, 5.41) is 0. The molecule has 2 heterocycles. The van der Waals surface area contributed by atoms with E-state index in [1.807, 2.05) is 0 Å². The molecular formula is C65H67BN2. The topological polar surface area (TPSA) is 6.48 Å². The van der Waals surface area contributed by atoms with Crippen LogP contribution in [-0.4, -0.2) is 6.71 Å². The largest absolute Gasteiger partial charge is 0.311 e. The Morgan fingerprint density at radius 3 is 0.897 bits per heavy atom. The Morgan fingerprint density at radius 2 is 0.588 bits per heavy atom. The van der Waals surface area contributed by atoms with E-state index in [9.17, 15) is 0 Å². The highest BCUT2D eigenvalue weighted by Crippen LogP contribution is 2.52. The molecule has 8 aromatic carbocycles. The van der Waals surface area contributed by atoms with Gasteiger partial charge in [-0.25, -0.2) is 0 Å². The maximum atomic E-state index is 2.60. The fraction of sp³-hybridized carbons (Fsp3) is 0.262. The van der Waals surface area contributed by atoms with Crippen molar-refractivity contribution >= 4 is 57.2 Å². The van der Waals surface area contributed by atoms with Crippen molar-refractivity contribution < 1.29 is 0 Å². The molecule has 340 valence electrons. The summed E-state index contributed by atoms with van der Waals surface area (Å²) in [5.41, 5.74) is 20.6. The lowest BCUT2D eigenvalue weighted by atomic mass is 9.33. The Bertz CT molecular complexity index is 2880. The van der Waals surface area contributed by atoms with E-state index in [4.69, 9.17) is 0 Å². The summed E-state index contributed by atoms with van der Waals surface area (Å²) < 4.78 is 0. The number of fused-ring (bicyclic) bond motifs is 4. The fourth-order valence-electron chi connectivity index (χ4n) is 11.0. The van der Waals surface area contributed by atoms with Crippen molar-refractivity contribution in [2.45, 2.75) is 110 Å². The second kappa shape index (κ2) is 16.3. The molecule has 68 heavy (non-hydrogen) atoms. The highest BCUT2D eigenvalue weighted by molar-refractivity contribution is 7.00. The quantitative estimate of drug-likeness (QED) is 0.121. The van der Waals surface area contributed by atoms with Gasteiger partial charge in [-0.1, -0.05) is 223 Å². The first-order valence-corrected chi connectivity index (χ1v) is 24.7. The van der Waals surface area contributed by atoms with E-state index in [1.165, 1.54) is 83.6 Å². The minimum atomic E-state index is -0.679. The van der Waals surface area contributed by atoms with E-state index in [1.54, 1.807) is 0 Å². The third kappa shape index (κ3) is 7.60. The van der Waals surface area contributed by atoms with Crippen LogP contribution in [0.15, 0.2) is 188 Å². The average molecular weight is 887 g/mol. The molecule has 0 radical (unpaired) electrons. The van der Waals surface area contributed by atoms with Gasteiger partial charge in [0.25, 0.3) is 6.71 Å². The minimum absolute atomic E-state index is 0.0162. The molecule has 2 nitrogen and oxygen atoms in total. The molecule has 2 aliphatic heterocycles. The van der Waals surface area contributed by atoms with Crippen LogP contribution >= 0.6 is 0 Å². The summed E-state index contributed by atoms with van der Waals surface area (Å²) >= 11 is 0. The fourth-order valence-corrected chi connectivity index (χ4v) is 11.0. The zero-order valence-electron chi connectivity index (χ0n) is 42.4. The second-order valence-corrected chi connectivity index (χ2v) is 23.5. The first-order valence-electron chi connectivity index (χ1n) is 24.7. The van der Waals surface area contributed by atoms with E-state index < -0.39 is 5.41 Å². The standard InChI is InChI=1S/C65H67BN2/c1-61(2,3)44-28-34-52(35-29-44)67-56-38-32-49(63(7,8)9)40-54(56)66-55-41-50(64(10,11)12)33-39-57(55)68(53-36-30-45(31-37-53)62(4,5)6)59-43-51(42-58(67)60(59)66)65(46-22-16-13-17-23-46,47-24-18-14-19-25-47)48-26-20-15-21-27-48/h13-43H,1-12H3. The Balaban J connectivity index is 1.40. The van der Waals surface area contributed by atoms with Crippen LogP contribution in [-0.2, 0) is 27.1 Å². The van der Waals surface area contributed by atoms with Gasteiger partial charge in [0, 0.05) is 34.1 Å². The van der Waals surface area contributed by atoms with Crippen LogP contribution in [0.2, 0.25) is 0 Å². The first-order chi connectivity index (χ1) is 32.3. The molecule has 8 aromatic rings. The number of nitrogens with zero attached hydrogens (tertiary/aromatic N) is 2. The number of anilines is 6. The summed E-state index contributed by atoms with van der Waals surface area (Å²) in [4.78, 5) is 5.19. The molecule has 10 rings (SSSR count). The molecule has 0 aromatic heterocycles. The Labute approximate surface area is 407 Å². The third-order valence-electron chi connectivity index (χ3n) is 14.8. The van der Waals surface area contributed by atoms with Gasteiger partial charge in [-0.05, 0) is 131 Å². The van der Waals surface area contributed by atoms with Gasteiger partial charge in [-0.2, -0.15) is 0 Å². The lowest BCUT2D eigenvalue weighted by molar-refractivity contribution is 0.590. The normalized spacial score (nSPS) is 13.8. The monoisotopic (exact) mass is 887 g/mol. The van der Waals surface area contributed by atoms with Gasteiger partial charge in [-0.3, -0.25) is 0 Å². The van der Waals surface area contributed by atoms with Gasteiger partial charge >= 0.3 is 0 Å². The lowest BCUT2D eigenvalue weighted by Gasteiger charge is -2.46. The number of rotatable bonds is 6. The van der Waals surface area contributed by atoms with E-state index in [2.05, 4.69) is 281 Å². The van der Waals surface area contributed by atoms with Gasteiger partial charge in [0.1, 0.15) is 0 Å². The summed E-state index contributed by atoms with van der Waals surface area (Å²) in [6, 6.07) is 72.2. The molecule has 0 aliphatic carbocycles. The third-order valence-corrected chi connectivity index (χ3v) is 14.8. The predicted molar refractivity (Wildman–Crippen MR) is 294 cm³/mol. The van der Waals surface area contributed by atoms with Crippen molar-refractivity contribution in [2.24, 2.45) is 0 Å².